The van der Waals surface area contributed by atoms with Gasteiger partial charge in [-0.05, 0) is 56.2 Å². The van der Waals surface area contributed by atoms with Crippen molar-refractivity contribution in [2.24, 2.45) is 0 Å². The molecule has 0 saturated heterocycles. The Labute approximate surface area is 216 Å². The normalized spacial score (nSPS) is 12.2. The molecule has 0 spiro atoms. The highest BCUT2D eigenvalue weighted by molar-refractivity contribution is 7.92. The van der Waals surface area contributed by atoms with Crippen LogP contribution in [0.5, 0.6) is 0 Å². The smallest absolute Gasteiger partial charge is 0.242 e. The minimum absolute atomic E-state index is 0.0190. The molecule has 0 aliphatic rings. The maximum absolute atomic E-state index is 13.2. The van der Waals surface area contributed by atoms with Crippen LogP contribution in [-0.4, -0.2) is 50.5 Å². The van der Waals surface area contributed by atoms with Gasteiger partial charge >= 0.3 is 0 Å². The van der Waals surface area contributed by atoms with Gasteiger partial charge in [-0.2, -0.15) is 0 Å². The van der Waals surface area contributed by atoms with Crippen LogP contribution in [0, 0.1) is 0 Å². The Kier molecular flexibility index (Phi) is 10.5. The van der Waals surface area contributed by atoms with E-state index in [2.05, 4.69) is 5.32 Å². The van der Waals surface area contributed by atoms with Crippen LogP contribution < -0.4 is 9.62 Å². The maximum Gasteiger partial charge on any atom is 0.242 e. The number of nitrogens with one attached hydrogen (secondary N) is 1. The zero-order valence-electron chi connectivity index (χ0n) is 19.2. The number of halogens is 3. The standard InChI is InChI=1S/C23H28Cl3N3O4S/c1-4-27-23(31)16(2)28(15-17-7-5-8-18(24)13-17)22(30)9-6-12-29(34(3,32)33)21-14-19(25)10-11-20(21)26/h5,7-8,10-11,13-14,16H,4,6,9,12,15H2,1-3H3,(H,27,31). The third-order valence-corrected chi connectivity index (χ3v) is 7.06. The molecule has 1 N–H and O–H groups in total. The topological polar surface area (TPSA) is 86.8 Å². The molecule has 0 fully saturated rings. The van der Waals surface area contributed by atoms with Crippen LogP contribution >= 0.6 is 34.8 Å². The molecule has 0 aromatic heterocycles. The van der Waals surface area contributed by atoms with Crippen molar-refractivity contribution >= 4 is 62.3 Å². The van der Waals surface area contributed by atoms with Gasteiger partial charge < -0.3 is 10.2 Å². The summed E-state index contributed by atoms with van der Waals surface area (Å²) < 4.78 is 25.9. The zero-order chi connectivity index (χ0) is 25.5. The van der Waals surface area contributed by atoms with Gasteiger partial charge in [-0.15, -0.1) is 0 Å². The molecule has 34 heavy (non-hydrogen) atoms. The summed E-state index contributed by atoms with van der Waals surface area (Å²) in [6.45, 7) is 4.10. The number of carbonyl (C=O) groups is 2. The number of hydrogen-bond donors (Lipinski definition) is 1. The van der Waals surface area contributed by atoms with Crippen molar-refractivity contribution in [2.45, 2.75) is 39.3 Å². The van der Waals surface area contributed by atoms with E-state index in [9.17, 15) is 18.0 Å². The lowest BCUT2D eigenvalue weighted by Crippen LogP contribution is -2.47. The Bertz CT molecular complexity index is 1130. The molecular weight excluding hydrogens is 521 g/mol. The summed E-state index contributed by atoms with van der Waals surface area (Å²) in [5.74, 6) is -0.564. The van der Waals surface area contributed by atoms with Gasteiger partial charge in [-0.3, -0.25) is 13.9 Å². The number of anilines is 1. The van der Waals surface area contributed by atoms with Gasteiger partial charge in [-0.1, -0.05) is 46.9 Å². The number of nitrogens with zero attached hydrogens (tertiary/aromatic N) is 2. The van der Waals surface area contributed by atoms with Crippen molar-refractivity contribution in [1.82, 2.24) is 10.2 Å². The second-order valence-electron chi connectivity index (χ2n) is 7.76. The summed E-state index contributed by atoms with van der Waals surface area (Å²) >= 11 is 18.3. The zero-order valence-corrected chi connectivity index (χ0v) is 22.3. The van der Waals surface area contributed by atoms with Crippen molar-refractivity contribution < 1.29 is 18.0 Å². The first-order valence-electron chi connectivity index (χ1n) is 10.7. The van der Waals surface area contributed by atoms with Crippen molar-refractivity contribution in [3.05, 3.63) is 63.1 Å². The van der Waals surface area contributed by atoms with E-state index in [0.29, 0.717) is 16.6 Å². The van der Waals surface area contributed by atoms with Crippen LogP contribution in [0.3, 0.4) is 0 Å². The fourth-order valence-electron chi connectivity index (χ4n) is 3.40. The highest BCUT2D eigenvalue weighted by Gasteiger charge is 2.27. The Morgan fingerprint density at radius 2 is 1.74 bits per heavy atom. The highest BCUT2D eigenvalue weighted by Crippen LogP contribution is 2.31. The fraction of sp³-hybridized carbons (Fsp3) is 0.391. The Morgan fingerprint density at radius 3 is 2.35 bits per heavy atom. The molecule has 0 bridgehead atoms. The molecule has 2 amide bonds. The molecule has 2 aromatic carbocycles. The largest absolute Gasteiger partial charge is 0.355 e. The van der Waals surface area contributed by atoms with E-state index < -0.39 is 16.1 Å². The molecule has 186 valence electrons. The molecule has 0 aliphatic carbocycles. The molecule has 2 rings (SSSR count). The van der Waals surface area contributed by atoms with E-state index in [0.717, 1.165) is 16.1 Å². The Balaban J connectivity index is 2.19. The highest BCUT2D eigenvalue weighted by atomic mass is 35.5. The quantitative estimate of drug-likeness (QED) is 0.439. The predicted octanol–water partition coefficient (Wildman–Crippen LogP) is 4.75. The number of likely N-dealkylation sites (N-methyl/N-ethyl adjacent to an activating group) is 1. The van der Waals surface area contributed by atoms with Crippen LogP contribution in [0.2, 0.25) is 15.1 Å². The molecule has 2 aromatic rings. The van der Waals surface area contributed by atoms with Crippen LogP contribution in [0.15, 0.2) is 42.5 Å². The molecule has 0 saturated carbocycles. The van der Waals surface area contributed by atoms with Gasteiger partial charge in [-0.25, -0.2) is 8.42 Å². The average molecular weight is 549 g/mol. The van der Waals surface area contributed by atoms with Gasteiger partial charge in [0.15, 0.2) is 0 Å². The minimum atomic E-state index is -3.68. The lowest BCUT2D eigenvalue weighted by Gasteiger charge is -2.29. The van der Waals surface area contributed by atoms with Crippen molar-refractivity contribution in [3.8, 4) is 0 Å². The van der Waals surface area contributed by atoms with Crippen molar-refractivity contribution in [2.75, 3.05) is 23.7 Å². The van der Waals surface area contributed by atoms with E-state index in [1.54, 1.807) is 38.1 Å². The molecule has 0 radical (unpaired) electrons. The lowest BCUT2D eigenvalue weighted by molar-refractivity contribution is -0.140. The molecule has 1 unspecified atom stereocenters. The van der Waals surface area contributed by atoms with E-state index in [-0.39, 0.29) is 48.5 Å². The van der Waals surface area contributed by atoms with Crippen molar-refractivity contribution in [1.29, 1.82) is 0 Å². The van der Waals surface area contributed by atoms with Gasteiger partial charge in [0.05, 0.1) is 17.0 Å². The molecule has 11 heteroatoms. The first-order chi connectivity index (χ1) is 15.9. The monoisotopic (exact) mass is 547 g/mol. The van der Waals surface area contributed by atoms with Crippen LogP contribution in [0.1, 0.15) is 32.3 Å². The number of hydrogen-bond acceptors (Lipinski definition) is 4. The Hall–Kier alpha value is -2.00. The van der Waals surface area contributed by atoms with Crippen molar-refractivity contribution in [3.63, 3.8) is 0 Å². The Morgan fingerprint density at radius 1 is 1.06 bits per heavy atom. The number of amides is 2. The third kappa shape index (κ3) is 8.05. The molecular formula is C23H28Cl3N3O4S. The van der Waals surface area contributed by atoms with E-state index >= 15 is 0 Å². The first kappa shape index (κ1) is 28.2. The van der Waals surface area contributed by atoms with Gasteiger partial charge in [0, 0.05) is 36.1 Å². The minimum Gasteiger partial charge on any atom is -0.355 e. The van der Waals surface area contributed by atoms with Gasteiger partial charge in [0.2, 0.25) is 21.8 Å². The fourth-order valence-corrected chi connectivity index (χ4v) is 5.01. The van der Waals surface area contributed by atoms with E-state index in [1.165, 1.54) is 17.0 Å². The number of carbonyl (C=O) groups excluding carboxylic acids is 2. The first-order valence-corrected chi connectivity index (χ1v) is 13.7. The van der Waals surface area contributed by atoms with E-state index in [4.69, 9.17) is 34.8 Å². The molecule has 1 atom stereocenters. The second-order valence-corrected chi connectivity index (χ2v) is 10.9. The van der Waals surface area contributed by atoms with E-state index in [1.807, 2.05) is 6.07 Å². The number of sulfonamides is 1. The van der Waals surface area contributed by atoms with Crippen LogP contribution in [0.4, 0.5) is 5.69 Å². The molecule has 0 aliphatic heterocycles. The number of rotatable bonds is 11. The van der Waals surface area contributed by atoms with Gasteiger partial charge in [0.25, 0.3) is 0 Å². The summed E-state index contributed by atoms with van der Waals surface area (Å²) in [5.41, 5.74) is 1.02. The predicted molar refractivity (Wildman–Crippen MR) is 138 cm³/mol. The number of benzene rings is 2. The second kappa shape index (κ2) is 12.6. The summed E-state index contributed by atoms with van der Waals surface area (Å²) in [6.07, 6.45) is 1.30. The summed E-state index contributed by atoms with van der Waals surface area (Å²) in [4.78, 5) is 27.1. The van der Waals surface area contributed by atoms with Crippen LogP contribution in [-0.2, 0) is 26.2 Å². The third-order valence-electron chi connectivity index (χ3n) is 5.09. The molecule has 7 nitrogen and oxygen atoms in total. The molecule has 0 heterocycles. The SMILES string of the molecule is CCNC(=O)C(C)N(Cc1cccc(Cl)c1)C(=O)CCCN(c1cc(Cl)ccc1Cl)S(C)(=O)=O. The summed E-state index contributed by atoms with van der Waals surface area (Å²) in [6, 6.07) is 10.9. The van der Waals surface area contributed by atoms with Crippen LogP contribution in [0.25, 0.3) is 0 Å². The van der Waals surface area contributed by atoms with Gasteiger partial charge in [0.1, 0.15) is 6.04 Å². The maximum atomic E-state index is 13.2. The summed E-state index contributed by atoms with van der Waals surface area (Å²) in [5, 5.41) is 3.83. The average Bonchev–Trinajstić information content (AvgIpc) is 2.75. The summed E-state index contributed by atoms with van der Waals surface area (Å²) in [7, 11) is -3.68. The lowest BCUT2D eigenvalue weighted by atomic mass is 10.1.